The fourth-order valence-corrected chi connectivity index (χ4v) is 1.79. The Morgan fingerprint density at radius 2 is 0.581 bits per heavy atom. The molecule has 0 fully saturated rings. The summed E-state index contributed by atoms with van der Waals surface area (Å²) in [6.45, 7) is 25.8. The highest BCUT2D eigenvalue weighted by Gasteiger charge is 1.93. The molecule has 0 saturated carbocycles. The molecule has 7 nitrogen and oxygen atoms in total. The van der Waals surface area contributed by atoms with E-state index in [4.69, 9.17) is 28.4 Å². The Balaban J connectivity index is -0.000000554. The van der Waals surface area contributed by atoms with Crippen molar-refractivity contribution in [2.24, 2.45) is 0 Å². The van der Waals surface area contributed by atoms with Gasteiger partial charge in [0.1, 0.15) is 0 Å². The SMILES string of the molecule is CC.CC.CC.CCCOCCOCCOCCNCCOCCOCCOCCC. The van der Waals surface area contributed by atoms with Gasteiger partial charge in [-0.1, -0.05) is 55.4 Å². The summed E-state index contributed by atoms with van der Waals surface area (Å²) >= 11 is 0. The van der Waals surface area contributed by atoms with Crippen LogP contribution in [0.1, 0.15) is 68.2 Å². The summed E-state index contributed by atoms with van der Waals surface area (Å²) in [4.78, 5) is 0. The molecule has 0 aliphatic heterocycles. The van der Waals surface area contributed by atoms with Crippen molar-refractivity contribution in [2.45, 2.75) is 68.2 Å². The Hall–Kier alpha value is -0.280. The van der Waals surface area contributed by atoms with E-state index in [1.165, 1.54) is 0 Å². The molecule has 0 bridgehead atoms. The fourth-order valence-electron chi connectivity index (χ4n) is 1.79. The van der Waals surface area contributed by atoms with Gasteiger partial charge in [0.15, 0.2) is 0 Å². The molecule has 7 heteroatoms. The zero-order chi connectivity index (χ0) is 24.3. The molecule has 0 atom stereocenters. The van der Waals surface area contributed by atoms with Crippen LogP contribution in [0.25, 0.3) is 0 Å². The molecule has 0 rings (SSSR count). The zero-order valence-electron chi connectivity index (χ0n) is 22.3. The van der Waals surface area contributed by atoms with Gasteiger partial charge in [-0.25, -0.2) is 0 Å². The van der Waals surface area contributed by atoms with Crippen molar-refractivity contribution in [3.63, 3.8) is 0 Å². The van der Waals surface area contributed by atoms with Gasteiger partial charge in [0.25, 0.3) is 0 Å². The molecule has 0 aromatic carbocycles. The third-order valence-electron chi connectivity index (χ3n) is 3.03. The molecule has 0 amide bonds. The van der Waals surface area contributed by atoms with Crippen molar-refractivity contribution < 1.29 is 28.4 Å². The smallest absolute Gasteiger partial charge is 0.0701 e. The van der Waals surface area contributed by atoms with E-state index in [9.17, 15) is 0 Å². The first-order valence-corrected chi connectivity index (χ1v) is 12.6. The lowest BCUT2D eigenvalue weighted by Gasteiger charge is -2.08. The summed E-state index contributed by atoms with van der Waals surface area (Å²) in [5.74, 6) is 0. The van der Waals surface area contributed by atoms with Crippen molar-refractivity contribution in [3.05, 3.63) is 0 Å². The maximum atomic E-state index is 5.46. The van der Waals surface area contributed by atoms with Crippen molar-refractivity contribution in [2.75, 3.05) is 92.4 Å². The standard InChI is InChI=1S/C18H39NO6.3C2H6/c1-3-7-20-11-15-24-17-13-22-9-5-19-6-10-23-14-18-25-16-12-21-8-4-2;3*1-2/h19H,3-18H2,1-2H3;3*1-2H3. The van der Waals surface area contributed by atoms with E-state index in [2.05, 4.69) is 19.2 Å². The Labute approximate surface area is 194 Å². The first-order valence-electron chi connectivity index (χ1n) is 12.6. The summed E-state index contributed by atoms with van der Waals surface area (Å²) in [5, 5.41) is 3.26. The third-order valence-corrected chi connectivity index (χ3v) is 3.03. The van der Waals surface area contributed by atoms with Gasteiger partial charge in [-0.15, -0.1) is 0 Å². The highest BCUT2D eigenvalue weighted by atomic mass is 16.5. The largest absolute Gasteiger partial charge is 0.379 e. The maximum Gasteiger partial charge on any atom is 0.0701 e. The van der Waals surface area contributed by atoms with Gasteiger partial charge in [0, 0.05) is 26.3 Å². The first-order chi connectivity index (χ1) is 15.4. The fraction of sp³-hybridized carbons (Fsp3) is 1.00. The quantitative estimate of drug-likeness (QED) is 0.240. The Morgan fingerprint density at radius 3 is 0.839 bits per heavy atom. The van der Waals surface area contributed by atoms with Crippen LogP contribution in [0.15, 0.2) is 0 Å². The van der Waals surface area contributed by atoms with E-state index in [0.29, 0.717) is 66.1 Å². The second kappa shape index (κ2) is 47.5. The molecular formula is C24H57NO6. The molecule has 31 heavy (non-hydrogen) atoms. The van der Waals surface area contributed by atoms with Crippen molar-refractivity contribution in [3.8, 4) is 0 Å². The summed E-state index contributed by atoms with van der Waals surface area (Å²) in [6, 6.07) is 0. The molecule has 0 heterocycles. The number of ether oxygens (including phenoxy) is 6. The summed E-state index contributed by atoms with van der Waals surface area (Å²) in [6.07, 6.45) is 2.09. The van der Waals surface area contributed by atoms with Crippen LogP contribution in [-0.4, -0.2) is 92.4 Å². The van der Waals surface area contributed by atoms with Gasteiger partial charge < -0.3 is 33.7 Å². The Kier molecular flexibility index (Phi) is 58.2. The maximum absolute atomic E-state index is 5.46. The molecule has 0 unspecified atom stereocenters. The van der Waals surface area contributed by atoms with Crippen LogP contribution in [-0.2, 0) is 28.4 Å². The van der Waals surface area contributed by atoms with E-state index < -0.39 is 0 Å². The molecule has 0 aromatic rings. The normalized spacial score (nSPS) is 9.68. The molecule has 0 aromatic heterocycles. The average Bonchev–Trinajstić information content (AvgIpc) is 2.84. The monoisotopic (exact) mass is 455 g/mol. The van der Waals surface area contributed by atoms with Crippen LogP contribution >= 0.6 is 0 Å². The zero-order valence-corrected chi connectivity index (χ0v) is 22.3. The summed E-state index contributed by atoms with van der Waals surface area (Å²) in [7, 11) is 0. The van der Waals surface area contributed by atoms with Crippen LogP contribution < -0.4 is 5.32 Å². The second-order valence-corrected chi connectivity index (χ2v) is 5.42. The van der Waals surface area contributed by atoms with Crippen LogP contribution in [0, 0.1) is 0 Å². The Bertz CT molecular complexity index is 214. The molecular weight excluding hydrogens is 398 g/mol. The minimum atomic E-state index is 0.613. The minimum absolute atomic E-state index is 0.613. The van der Waals surface area contributed by atoms with E-state index in [0.717, 1.165) is 39.1 Å². The van der Waals surface area contributed by atoms with Crippen LogP contribution in [0.2, 0.25) is 0 Å². The van der Waals surface area contributed by atoms with E-state index in [-0.39, 0.29) is 0 Å². The minimum Gasteiger partial charge on any atom is -0.379 e. The van der Waals surface area contributed by atoms with E-state index >= 15 is 0 Å². The van der Waals surface area contributed by atoms with Crippen LogP contribution in [0.4, 0.5) is 0 Å². The number of nitrogens with one attached hydrogen (secondary N) is 1. The van der Waals surface area contributed by atoms with Gasteiger partial charge in [0.05, 0.1) is 66.1 Å². The van der Waals surface area contributed by atoms with E-state index in [1.807, 2.05) is 41.5 Å². The van der Waals surface area contributed by atoms with Crippen LogP contribution in [0.3, 0.4) is 0 Å². The average molecular weight is 456 g/mol. The first kappa shape index (κ1) is 38.0. The molecule has 0 aliphatic rings. The topological polar surface area (TPSA) is 67.4 Å². The lowest BCUT2D eigenvalue weighted by Crippen LogP contribution is -2.25. The lowest BCUT2D eigenvalue weighted by atomic mass is 10.5. The van der Waals surface area contributed by atoms with Crippen molar-refractivity contribution >= 4 is 0 Å². The lowest BCUT2D eigenvalue weighted by molar-refractivity contribution is 0.0123. The number of hydrogen-bond donors (Lipinski definition) is 1. The molecule has 0 radical (unpaired) electrons. The predicted octanol–water partition coefficient (Wildman–Crippen LogP) is 4.57. The molecule has 0 aliphatic carbocycles. The highest BCUT2D eigenvalue weighted by Crippen LogP contribution is 1.84. The van der Waals surface area contributed by atoms with Gasteiger partial charge in [0.2, 0.25) is 0 Å². The van der Waals surface area contributed by atoms with E-state index in [1.54, 1.807) is 0 Å². The molecule has 1 N–H and O–H groups in total. The number of hydrogen-bond acceptors (Lipinski definition) is 7. The summed E-state index contributed by atoms with van der Waals surface area (Å²) in [5.41, 5.74) is 0. The second-order valence-electron chi connectivity index (χ2n) is 5.42. The Morgan fingerprint density at radius 1 is 0.355 bits per heavy atom. The van der Waals surface area contributed by atoms with Crippen molar-refractivity contribution in [1.82, 2.24) is 5.32 Å². The number of rotatable bonds is 22. The predicted molar refractivity (Wildman–Crippen MR) is 132 cm³/mol. The highest BCUT2D eigenvalue weighted by molar-refractivity contribution is 4.45. The van der Waals surface area contributed by atoms with Gasteiger partial charge in [-0.2, -0.15) is 0 Å². The van der Waals surface area contributed by atoms with Gasteiger partial charge in [-0.05, 0) is 12.8 Å². The summed E-state index contributed by atoms with van der Waals surface area (Å²) < 4.78 is 32.3. The van der Waals surface area contributed by atoms with Gasteiger partial charge >= 0.3 is 0 Å². The molecule has 194 valence electrons. The van der Waals surface area contributed by atoms with Crippen LogP contribution in [0.5, 0.6) is 0 Å². The third kappa shape index (κ3) is 48.4. The molecule has 0 spiro atoms. The van der Waals surface area contributed by atoms with Crippen molar-refractivity contribution in [1.29, 1.82) is 0 Å². The molecule has 0 saturated heterocycles. The van der Waals surface area contributed by atoms with Gasteiger partial charge in [-0.3, -0.25) is 0 Å².